The molecule has 0 aliphatic carbocycles. The van der Waals surface area contributed by atoms with Crippen molar-refractivity contribution in [1.82, 2.24) is 14.7 Å². The van der Waals surface area contributed by atoms with E-state index >= 15 is 0 Å². The summed E-state index contributed by atoms with van der Waals surface area (Å²) in [5.74, 6) is -1.41. The van der Waals surface area contributed by atoms with E-state index in [0.717, 1.165) is 34.1 Å². The molecule has 1 aliphatic rings. The first-order valence-corrected chi connectivity index (χ1v) is 7.92. The molecule has 11 heteroatoms. The normalized spacial score (nSPS) is 16.6. The van der Waals surface area contributed by atoms with E-state index in [-0.39, 0.29) is 12.4 Å². The Balaban J connectivity index is 2.02. The second-order valence-electron chi connectivity index (χ2n) is 6.59. The Morgan fingerprint density at radius 1 is 1.25 bits per heavy atom. The van der Waals surface area contributed by atoms with Crippen LogP contribution in [0.5, 0.6) is 0 Å². The summed E-state index contributed by atoms with van der Waals surface area (Å²) in [6.45, 7) is 2.56. The van der Waals surface area contributed by atoms with E-state index in [9.17, 15) is 27.2 Å². The first-order chi connectivity index (χ1) is 13.0. The van der Waals surface area contributed by atoms with Gasteiger partial charge in [-0.15, -0.1) is 0 Å². The molecule has 0 spiro atoms. The fraction of sp³-hybridized carbons (Fsp3) is 0.294. The third-order valence-corrected chi connectivity index (χ3v) is 4.40. The number of aromatic nitrogens is 2. The van der Waals surface area contributed by atoms with Crippen molar-refractivity contribution in [3.05, 3.63) is 47.5 Å². The molecule has 146 valence electrons. The highest BCUT2D eigenvalue weighted by Gasteiger charge is 2.52. The Hall–Kier alpha value is -3.42. The van der Waals surface area contributed by atoms with Crippen molar-refractivity contribution in [2.75, 3.05) is 4.90 Å². The molecule has 0 saturated carbocycles. The number of carbonyl (C=O) groups excluding carboxylic acids is 2. The first-order valence-electron chi connectivity index (χ1n) is 7.92. The number of carbonyl (C=O) groups is 2. The number of benzene rings is 1. The lowest BCUT2D eigenvalue weighted by Gasteiger charge is -2.27. The molecule has 0 atom stereocenters. The first kappa shape index (κ1) is 19.3. The summed E-state index contributed by atoms with van der Waals surface area (Å²) in [7, 11) is 0. The largest absolute Gasteiger partial charge is 0.417 e. The van der Waals surface area contributed by atoms with Crippen LogP contribution < -0.4 is 4.90 Å². The monoisotopic (exact) mass is 395 g/mol. The van der Waals surface area contributed by atoms with Crippen LogP contribution in [0.1, 0.15) is 25.0 Å². The molecule has 1 fully saturated rings. The second kappa shape index (κ2) is 6.33. The highest BCUT2D eigenvalue weighted by molar-refractivity contribution is 6.22. The van der Waals surface area contributed by atoms with Crippen molar-refractivity contribution in [3.8, 4) is 6.07 Å². The van der Waals surface area contributed by atoms with Gasteiger partial charge in [0.05, 0.1) is 35.3 Å². The maximum Gasteiger partial charge on any atom is 0.417 e. The standard InChI is InChI=1S/C17H13F4N5O2/c1-16(2)14(27)26(15(28)25(16)9-24-8-11(18)7-23-24)12-4-3-10(6-22)13(5-12)17(19,20)21/h3-5,7-8H,9H2,1-2H3. The van der Waals surface area contributed by atoms with Gasteiger partial charge in [-0.05, 0) is 32.0 Å². The molecule has 3 rings (SSSR count). The molecule has 7 nitrogen and oxygen atoms in total. The van der Waals surface area contributed by atoms with Gasteiger partial charge in [0, 0.05) is 0 Å². The highest BCUT2D eigenvalue weighted by atomic mass is 19.4. The predicted molar refractivity (Wildman–Crippen MR) is 87.1 cm³/mol. The molecule has 0 radical (unpaired) electrons. The lowest BCUT2D eigenvalue weighted by atomic mass is 10.0. The van der Waals surface area contributed by atoms with Gasteiger partial charge in [-0.3, -0.25) is 9.69 Å². The number of imide groups is 1. The van der Waals surface area contributed by atoms with Gasteiger partial charge in [0.1, 0.15) is 12.2 Å². The van der Waals surface area contributed by atoms with E-state index in [1.54, 1.807) is 0 Å². The van der Waals surface area contributed by atoms with Crippen molar-refractivity contribution < 1.29 is 27.2 Å². The quantitative estimate of drug-likeness (QED) is 0.591. The van der Waals surface area contributed by atoms with Crippen LogP contribution in [0.15, 0.2) is 30.6 Å². The van der Waals surface area contributed by atoms with E-state index in [1.165, 1.54) is 19.9 Å². The lowest BCUT2D eigenvalue weighted by molar-refractivity contribution is -0.137. The number of hydrogen-bond acceptors (Lipinski definition) is 4. The smallest absolute Gasteiger partial charge is 0.290 e. The average Bonchev–Trinajstić information content (AvgIpc) is 3.09. The molecular weight excluding hydrogens is 382 g/mol. The molecule has 0 bridgehead atoms. The van der Waals surface area contributed by atoms with Crippen LogP contribution in [0.25, 0.3) is 0 Å². The van der Waals surface area contributed by atoms with Gasteiger partial charge in [0.25, 0.3) is 5.91 Å². The second-order valence-corrected chi connectivity index (χ2v) is 6.59. The maximum absolute atomic E-state index is 13.2. The average molecular weight is 395 g/mol. The van der Waals surface area contributed by atoms with Gasteiger partial charge >= 0.3 is 12.2 Å². The van der Waals surface area contributed by atoms with Crippen LogP contribution in [-0.4, -0.2) is 32.2 Å². The molecule has 3 amide bonds. The number of hydrogen-bond donors (Lipinski definition) is 0. The van der Waals surface area contributed by atoms with Crippen LogP contribution in [-0.2, 0) is 17.6 Å². The van der Waals surface area contributed by atoms with Crippen molar-refractivity contribution >= 4 is 17.6 Å². The summed E-state index contributed by atoms with van der Waals surface area (Å²) in [6, 6.07) is 3.13. The zero-order valence-corrected chi connectivity index (χ0v) is 14.7. The minimum absolute atomic E-state index is 0.277. The molecular formula is C17H13F4N5O2. The minimum atomic E-state index is -4.84. The van der Waals surface area contributed by atoms with Crippen molar-refractivity contribution in [2.45, 2.75) is 32.2 Å². The van der Waals surface area contributed by atoms with Crippen LogP contribution in [0.3, 0.4) is 0 Å². The van der Waals surface area contributed by atoms with Crippen molar-refractivity contribution in [3.63, 3.8) is 0 Å². The molecule has 1 saturated heterocycles. The van der Waals surface area contributed by atoms with Gasteiger partial charge in [0.2, 0.25) is 0 Å². The molecule has 1 aromatic heterocycles. The number of amides is 3. The predicted octanol–water partition coefficient (Wildman–Crippen LogP) is 3.12. The van der Waals surface area contributed by atoms with E-state index in [0.29, 0.717) is 11.0 Å². The summed E-state index contributed by atoms with van der Waals surface area (Å²) in [5.41, 5.74) is -3.60. The SMILES string of the molecule is CC1(C)C(=O)N(c2ccc(C#N)c(C(F)(F)F)c2)C(=O)N1Cn1cc(F)cn1. The Labute approximate surface area is 156 Å². The summed E-state index contributed by atoms with van der Waals surface area (Å²) in [6.07, 6.45) is -2.90. The molecule has 2 heterocycles. The molecule has 0 unspecified atom stereocenters. The lowest BCUT2D eigenvalue weighted by Crippen LogP contribution is -2.45. The Bertz CT molecular complexity index is 1010. The van der Waals surface area contributed by atoms with Gasteiger partial charge in [0.15, 0.2) is 5.82 Å². The number of urea groups is 1. The third kappa shape index (κ3) is 3.06. The Morgan fingerprint density at radius 2 is 1.93 bits per heavy atom. The Morgan fingerprint density at radius 3 is 2.46 bits per heavy atom. The van der Waals surface area contributed by atoms with Crippen molar-refractivity contribution in [2.24, 2.45) is 0 Å². The summed E-state index contributed by atoms with van der Waals surface area (Å²) < 4.78 is 53.9. The number of nitriles is 1. The van der Waals surface area contributed by atoms with Gasteiger partial charge in [-0.1, -0.05) is 0 Å². The highest BCUT2D eigenvalue weighted by Crippen LogP contribution is 2.37. The summed E-state index contributed by atoms with van der Waals surface area (Å²) in [4.78, 5) is 27.3. The number of anilines is 1. The fourth-order valence-electron chi connectivity index (χ4n) is 2.86. The van der Waals surface area contributed by atoms with Crippen LogP contribution >= 0.6 is 0 Å². The topological polar surface area (TPSA) is 82.2 Å². The molecule has 1 aromatic carbocycles. The molecule has 1 aliphatic heterocycles. The van der Waals surface area contributed by atoms with E-state index in [1.807, 2.05) is 0 Å². The zero-order valence-electron chi connectivity index (χ0n) is 14.7. The zero-order chi connectivity index (χ0) is 20.9. The van der Waals surface area contributed by atoms with Crippen LogP contribution in [0.2, 0.25) is 0 Å². The van der Waals surface area contributed by atoms with Crippen molar-refractivity contribution in [1.29, 1.82) is 5.26 Å². The number of alkyl halides is 3. The number of nitrogens with zero attached hydrogens (tertiary/aromatic N) is 5. The fourth-order valence-corrected chi connectivity index (χ4v) is 2.86. The van der Waals surface area contributed by atoms with Gasteiger partial charge < -0.3 is 0 Å². The van der Waals surface area contributed by atoms with Gasteiger partial charge in [-0.2, -0.15) is 23.5 Å². The maximum atomic E-state index is 13.2. The van der Waals surface area contributed by atoms with E-state index < -0.39 is 40.6 Å². The van der Waals surface area contributed by atoms with E-state index in [2.05, 4.69) is 5.10 Å². The molecule has 2 aromatic rings. The van der Waals surface area contributed by atoms with Crippen LogP contribution in [0.4, 0.5) is 28.0 Å². The Kier molecular flexibility index (Phi) is 4.37. The molecule has 0 N–H and O–H groups in total. The molecule has 28 heavy (non-hydrogen) atoms. The number of halogens is 4. The van der Waals surface area contributed by atoms with Crippen LogP contribution in [0, 0.1) is 17.1 Å². The van der Waals surface area contributed by atoms with Gasteiger partial charge in [-0.25, -0.2) is 18.8 Å². The number of rotatable bonds is 3. The summed E-state index contributed by atoms with van der Waals surface area (Å²) in [5, 5.41) is 12.6. The third-order valence-electron chi connectivity index (χ3n) is 4.40. The van der Waals surface area contributed by atoms with E-state index in [4.69, 9.17) is 5.26 Å². The summed E-state index contributed by atoms with van der Waals surface area (Å²) >= 11 is 0. The minimum Gasteiger partial charge on any atom is -0.290 e.